The highest BCUT2D eigenvalue weighted by molar-refractivity contribution is 7.18. The molecule has 0 saturated heterocycles. The lowest BCUT2D eigenvalue weighted by Crippen LogP contribution is -2.37. The zero-order chi connectivity index (χ0) is 21.3. The Morgan fingerprint density at radius 1 is 1.40 bits per heavy atom. The van der Waals surface area contributed by atoms with Gasteiger partial charge in [-0.3, -0.25) is 14.5 Å². The standard InChI is InChI=1S/C22H31N3O4S/c1-3-4-19(27)29-12-15(26)10-25(14-6-7-14)11-18-23-21(28)20-16-8-5-13(2)9-17(16)30-22(20)24-18/h13-15,26H,3-12H2,1-2H3,(H,23,24,28)/t13-,15+/m1/s1. The zero-order valence-corrected chi connectivity index (χ0v) is 18.6. The van der Waals surface area contributed by atoms with Crippen LogP contribution in [0.15, 0.2) is 4.79 Å². The molecule has 0 unspecified atom stereocenters. The normalized spacial score (nSPS) is 19.8. The molecule has 2 aromatic rings. The number of esters is 1. The molecule has 1 fully saturated rings. The number of fused-ring (bicyclic) bond motifs is 3. The summed E-state index contributed by atoms with van der Waals surface area (Å²) >= 11 is 1.66. The van der Waals surface area contributed by atoms with Gasteiger partial charge in [-0.25, -0.2) is 4.98 Å². The molecule has 2 aliphatic rings. The summed E-state index contributed by atoms with van der Waals surface area (Å²) in [4.78, 5) is 36.4. The second-order valence-corrected chi connectivity index (χ2v) is 9.88. The number of aromatic nitrogens is 2. The van der Waals surface area contributed by atoms with Gasteiger partial charge in [-0.1, -0.05) is 13.8 Å². The molecule has 0 radical (unpaired) electrons. The maximum absolute atomic E-state index is 12.8. The van der Waals surface area contributed by atoms with E-state index in [-0.39, 0.29) is 18.1 Å². The number of carbonyl (C=O) groups is 1. The van der Waals surface area contributed by atoms with E-state index in [2.05, 4.69) is 16.8 Å². The van der Waals surface area contributed by atoms with Gasteiger partial charge in [0.2, 0.25) is 0 Å². The molecular formula is C22H31N3O4S. The molecular weight excluding hydrogens is 402 g/mol. The highest BCUT2D eigenvalue weighted by atomic mass is 32.1. The number of aliphatic hydroxyl groups is 1. The van der Waals surface area contributed by atoms with Gasteiger partial charge in [-0.2, -0.15) is 0 Å². The first kappa shape index (κ1) is 21.5. The summed E-state index contributed by atoms with van der Waals surface area (Å²) in [7, 11) is 0. The molecule has 0 aliphatic heterocycles. The lowest BCUT2D eigenvalue weighted by molar-refractivity contribution is -0.147. The van der Waals surface area contributed by atoms with Crippen LogP contribution in [-0.4, -0.2) is 51.2 Å². The Morgan fingerprint density at radius 2 is 2.20 bits per heavy atom. The molecule has 4 rings (SSSR count). The minimum Gasteiger partial charge on any atom is -0.463 e. The van der Waals surface area contributed by atoms with Crippen molar-refractivity contribution >= 4 is 27.5 Å². The van der Waals surface area contributed by atoms with E-state index in [1.54, 1.807) is 11.3 Å². The van der Waals surface area contributed by atoms with Crippen molar-refractivity contribution in [2.75, 3.05) is 13.2 Å². The monoisotopic (exact) mass is 433 g/mol. The topological polar surface area (TPSA) is 95.5 Å². The van der Waals surface area contributed by atoms with Crippen LogP contribution < -0.4 is 5.56 Å². The number of nitrogens with one attached hydrogen (secondary N) is 1. The minimum atomic E-state index is -0.752. The van der Waals surface area contributed by atoms with Crippen molar-refractivity contribution in [2.45, 2.75) is 77.5 Å². The molecule has 1 saturated carbocycles. The van der Waals surface area contributed by atoms with Crippen LogP contribution >= 0.6 is 11.3 Å². The summed E-state index contributed by atoms with van der Waals surface area (Å²) < 4.78 is 5.14. The van der Waals surface area contributed by atoms with E-state index in [9.17, 15) is 14.7 Å². The average molecular weight is 434 g/mol. The van der Waals surface area contributed by atoms with Gasteiger partial charge in [0.05, 0.1) is 11.9 Å². The summed E-state index contributed by atoms with van der Waals surface area (Å²) in [6.07, 6.45) is 5.59. The van der Waals surface area contributed by atoms with Gasteiger partial charge in [-0.05, 0) is 50.0 Å². The van der Waals surface area contributed by atoms with Crippen molar-refractivity contribution in [1.82, 2.24) is 14.9 Å². The van der Waals surface area contributed by atoms with Crippen molar-refractivity contribution < 1.29 is 14.6 Å². The second-order valence-electron chi connectivity index (χ2n) is 8.79. The van der Waals surface area contributed by atoms with Gasteiger partial charge < -0.3 is 14.8 Å². The number of carbonyl (C=O) groups excluding carboxylic acids is 1. The molecule has 0 bridgehead atoms. The summed E-state index contributed by atoms with van der Waals surface area (Å²) in [6, 6.07) is 0.379. The number of aromatic amines is 1. The summed E-state index contributed by atoms with van der Waals surface area (Å²) in [5.74, 6) is 1.02. The van der Waals surface area contributed by atoms with Crippen LogP contribution in [0.1, 0.15) is 62.2 Å². The number of thiophene rings is 1. The lowest BCUT2D eigenvalue weighted by atomic mass is 9.89. The van der Waals surface area contributed by atoms with Gasteiger partial charge in [0.1, 0.15) is 23.4 Å². The minimum absolute atomic E-state index is 0.000859. The number of hydrogen-bond donors (Lipinski definition) is 2. The third-order valence-electron chi connectivity index (χ3n) is 5.97. The van der Waals surface area contributed by atoms with Crippen LogP contribution in [0, 0.1) is 5.92 Å². The summed E-state index contributed by atoms with van der Waals surface area (Å²) in [5.41, 5.74) is 1.14. The van der Waals surface area contributed by atoms with E-state index in [1.165, 1.54) is 10.4 Å². The second kappa shape index (κ2) is 9.16. The summed E-state index contributed by atoms with van der Waals surface area (Å²) in [6.45, 7) is 5.05. The molecule has 2 atom stereocenters. The van der Waals surface area contributed by atoms with Crippen LogP contribution in [0.4, 0.5) is 0 Å². The van der Waals surface area contributed by atoms with Crippen LogP contribution in [0.3, 0.4) is 0 Å². The fourth-order valence-corrected chi connectivity index (χ4v) is 5.63. The quantitative estimate of drug-likeness (QED) is 0.591. The molecule has 7 nitrogen and oxygen atoms in total. The Morgan fingerprint density at radius 3 is 2.93 bits per heavy atom. The Hall–Kier alpha value is -1.77. The molecule has 2 aliphatic carbocycles. The number of nitrogens with zero attached hydrogens (tertiary/aromatic N) is 2. The van der Waals surface area contributed by atoms with Crippen molar-refractivity contribution in [1.29, 1.82) is 0 Å². The SMILES string of the molecule is CCCC(=O)OC[C@@H](O)CN(Cc1nc2sc3c(c2c(=O)[nH]1)CC[C@@H](C)C3)C1CC1. The number of H-pyrrole nitrogens is 1. The van der Waals surface area contributed by atoms with Crippen LogP contribution in [0.25, 0.3) is 10.2 Å². The largest absolute Gasteiger partial charge is 0.463 e. The van der Waals surface area contributed by atoms with E-state index in [0.717, 1.165) is 48.7 Å². The zero-order valence-electron chi connectivity index (χ0n) is 17.8. The Kier molecular flexibility index (Phi) is 6.55. The number of aryl methyl sites for hydroxylation is 1. The van der Waals surface area contributed by atoms with Gasteiger partial charge in [0, 0.05) is 23.9 Å². The molecule has 2 aromatic heterocycles. The highest BCUT2D eigenvalue weighted by Crippen LogP contribution is 2.36. The van der Waals surface area contributed by atoms with Crippen molar-refractivity contribution in [3.8, 4) is 0 Å². The molecule has 30 heavy (non-hydrogen) atoms. The van der Waals surface area contributed by atoms with Gasteiger partial charge in [-0.15, -0.1) is 11.3 Å². The highest BCUT2D eigenvalue weighted by Gasteiger charge is 2.31. The van der Waals surface area contributed by atoms with E-state index < -0.39 is 6.10 Å². The Labute approximate surface area is 180 Å². The Bertz CT molecular complexity index is 965. The molecule has 0 amide bonds. The molecule has 0 spiro atoms. The van der Waals surface area contributed by atoms with E-state index in [4.69, 9.17) is 9.72 Å². The third-order valence-corrected chi connectivity index (χ3v) is 7.11. The van der Waals surface area contributed by atoms with Gasteiger partial charge >= 0.3 is 5.97 Å². The number of ether oxygens (including phenoxy) is 1. The van der Waals surface area contributed by atoms with Gasteiger partial charge in [0.15, 0.2) is 0 Å². The maximum atomic E-state index is 12.8. The lowest BCUT2D eigenvalue weighted by Gasteiger charge is -2.24. The first-order valence-electron chi connectivity index (χ1n) is 11.1. The summed E-state index contributed by atoms with van der Waals surface area (Å²) in [5, 5.41) is 11.1. The molecule has 2 N–H and O–H groups in total. The molecule has 8 heteroatoms. The van der Waals surface area contributed by atoms with Gasteiger partial charge in [0.25, 0.3) is 5.56 Å². The maximum Gasteiger partial charge on any atom is 0.305 e. The average Bonchev–Trinajstić information content (AvgIpc) is 3.47. The number of rotatable bonds is 9. The molecule has 2 heterocycles. The fraction of sp³-hybridized carbons (Fsp3) is 0.682. The third kappa shape index (κ3) is 4.92. The molecule has 164 valence electrons. The smallest absolute Gasteiger partial charge is 0.305 e. The van der Waals surface area contributed by atoms with Crippen LogP contribution in [0.2, 0.25) is 0 Å². The fourth-order valence-electron chi connectivity index (χ4n) is 4.23. The van der Waals surface area contributed by atoms with Crippen molar-refractivity contribution in [3.05, 3.63) is 26.6 Å². The number of aliphatic hydroxyl groups excluding tert-OH is 1. The van der Waals surface area contributed by atoms with E-state index >= 15 is 0 Å². The first-order chi connectivity index (χ1) is 14.4. The van der Waals surface area contributed by atoms with Crippen molar-refractivity contribution in [3.63, 3.8) is 0 Å². The molecule has 0 aromatic carbocycles. The Balaban J connectivity index is 1.46. The first-order valence-corrected chi connectivity index (χ1v) is 11.9. The van der Waals surface area contributed by atoms with Crippen molar-refractivity contribution in [2.24, 2.45) is 5.92 Å². The predicted octanol–water partition coefficient (Wildman–Crippen LogP) is 2.78. The number of hydrogen-bond acceptors (Lipinski definition) is 7. The van der Waals surface area contributed by atoms with Crippen LogP contribution in [-0.2, 0) is 28.9 Å². The predicted molar refractivity (Wildman–Crippen MR) is 117 cm³/mol. The van der Waals surface area contributed by atoms with Crippen LogP contribution in [0.5, 0.6) is 0 Å². The van der Waals surface area contributed by atoms with E-state index in [0.29, 0.717) is 37.3 Å². The van der Waals surface area contributed by atoms with E-state index in [1.807, 2.05) is 6.92 Å².